The molecule has 3 rings (SSSR count). The molecule has 3 amide bonds. The standard InChI is InChI=1S/C21H22ClN3O3/c1-12-7-13(2)20(18(22)8-12)25-11-15(9-19(25)27)21(28)24-17-6-4-5-16(10-17)23-14(3)26/h4-8,10,15H,9,11H2,1-3H3,(H,23,26)(H,24,28). The van der Waals surface area contributed by atoms with Crippen molar-refractivity contribution in [3.63, 3.8) is 0 Å². The number of halogens is 1. The number of aryl methyl sites for hydroxylation is 2. The SMILES string of the molecule is CC(=O)Nc1cccc(NC(=O)C2CC(=O)N(c3c(C)cc(C)cc3Cl)C2)c1. The van der Waals surface area contributed by atoms with Gasteiger partial charge in [0.15, 0.2) is 0 Å². The Morgan fingerprint density at radius 3 is 2.43 bits per heavy atom. The molecule has 1 unspecified atom stereocenters. The molecule has 0 spiro atoms. The highest BCUT2D eigenvalue weighted by Crippen LogP contribution is 2.35. The zero-order valence-electron chi connectivity index (χ0n) is 16.0. The van der Waals surface area contributed by atoms with Gasteiger partial charge in [0.25, 0.3) is 0 Å². The number of hydrogen-bond acceptors (Lipinski definition) is 3. The van der Waals surface area contributed by atoms with Gasteiger partial charge in [-0.05, 0) is 49.2 Å². The van der Waals surface area contributed by atoms with Crippen LogP contribution in [0.5, 0.6) is 0 Å². The van der Waals surface area contributed by atoms with Gasteiger partial charge in [-0.1, -0.05) is 23.7 Å². The lowest BCUT2D eigenvalue weighted by Gasteiger charge is -2.21. The van der Waals surface area contributed by atoms with E-state index in [1.807, 2.05) is 26.0 Å². The van der Waals surface area contributed by atoms with Crippen molar-refractivity contribution in [2.75, 3.05) is 22.1 Å². The zero-order chi connectivity index (χ0) is 20.4. The van der Waals surface area contributed by atoms with Crippen molar-refractivity contribution in [1.29, 1.82) is 0 Å². The van der Waals surface area contributed by atoms with Crippen molar-refractivity contribution in [1.82, 2.24) is 0 Å². The molecule has 6 nitrogen and oxygen atoms in total. The fourth-order valence-corrected chi connectivity index (χ4v) is 3.89. The Hall–Kier alpha value is -2.86. The summed E-state index contributed by atoms with van der Waals surface area (Å²) in [4.78, 5) is 38.0. The Bertz CT molecular complexity index is 935. The smallest absolute Gasteiger partial charge is 0.229 e. The molecule has 0 aliphatic carbocycles. The van der Waals surface area contributed by atoms with E-state index >= 15 is 0 Å². The highest BCUT2D eigenvalue weighted by atomic mass is 35.5. The number of rotatable bonds is 4. The molecule has 0 saturated carbocycles. The van der Waals surface area contributed by atoms with E-state index in [0.29, 0.717) is 22.1 Å². The van der Waals surface area contributed by atoms with Crippen LogP contribution in [-0.2, 0) is 14.4 Å². The van der Waals surface area contributed by atoms with Crippen molar-refractivity contribution in [3.8, 4) is 0 Å². The highest BCUT2D eigenvalue weighted by Gasteiger charge is 2.36. The number of nitrogens with one attached hydrogen (secondary N) is 2. The minimum Gasteiger partial charge on any atom is -0.326 e. The molecule has 1 fully saturated rings. The fourth-order valence-electron chi connectivity index (χ4n) is 3.47. The second-order valence-electron chi connectivity index (χ2n) is 7.07. The number of amides is 3. The Morgan fingerprint density at radius 2 is 1.79 bits per heavy atom. The quantitative estimate of drug-likeness (QED) is 0.818. The summed E-state index contributed by atoms with van der Waals surface area (Å²) in [7, 11) is 0. The predicted octanol–water partition coefficient (Wildman–Crippen LogP) is 3.91. The van der Waals surface area contributed by atoms with E-state index in [9.17, 15) is 14.4 Å². The van der Waals surface area contributed by atoms with Crippen molar-refractivity contribution in [3.05, 3.63) is 52.5 Å². The van der Waals surface area contributed by atoms with Crippen molar-refractivity contribution >= 4 is 46.4 Å². The summed E-state index contributed by atoms with van der Waals surface area (Å²) in [5.41, 5.74) is 3.75. The molecule has 0 radical (unpaired) electrons. The number of benzene rings is 2. The lowest BCUT2D eigenvalue weighted by molar-refractivity contribution is -0.122. The largest absolute Gasteiger partial charge is 0.326 e. The third-order valence-corrected chi connectivity index (χ3v) is 4.90. The molecule has 1 atom stereocenters. The first kappa shape index (κ1) is 19.9. The van der Waals surface area contributed by atoms with Gasteiger partial charge in [0, 0.05) is 31.3 Å². The summed E-state index contributed by atoms with van der Waals surface area (Å²) in [6, 6.07) is 10.7. The van der Waals surface area contributed by atoms with Crippen LogP contribution in [-0.4, -0.2) is 24.3 Å². The molecule has 2 N–H and O–H groups in total. The van der Waals surface area contributed by atoms with Gasteiger partial charge in [0.2, 0.25) is 17.7 Å². The molecule has 2 aromatic rings. The van der Waals surface area contributed by atoms with Gasteiger partial charge >= 0.3 is 0 Å². The van der Waals surface area contributed by atoms with Crippen LogP contribution in [0.25, 0.3) is 0 Å². The average molecular weight is 400 g/mol. The topological polar surface area (TPSA) is 78.5 Å². The lowest BCUT2D eigenvalue weighted by Crippen LogP contribution is -2.28. The van der Waals surface area contributed by atoms with E-state index in [-0.39, 0.29) is 30.7 Å². The van der Waals surface area contributed by atoms with Gasteiger partial charge < -0.3 is 15.5 Å². The van der Waals surface area contributed by atoms with Gasteiger partial charge in [0.05, 0.1) is 16.6 Å². The molecule has 1 heterocycles. The normalized spacial score (nSPS) is 16.2. The van der Waals surface area contributed by atoms with Gasteiger partial charge in [0.1, 0.15) is 0 Å². The van der Waals surface area contributed by atoms with Gasteiger partial charge in [-0.3, -0.25) is 14.4 Å². The first-order valence-corrected chi connectivity index (χ1v) is 9.38. The van der Waals surface area contributed by atoms with Gasteiger partial charge in [-0.2, -0.15) is 0 Å². The van der Waals surface area contributed by atoms with Crippen LogP contribution in [0.15, 0.2) is 36.4 Å². The molecule has 1 aliphatic heterocycles. The van der Waals surface area contributed by atoms with Crippen LogP contribution in [0, 0.1) is 19.8 Å². The molecule has 1 aliphatic rings. The zero-order valence-corrected chi connectivity index (χ0v) is 16.8. The Labute approximate surface area is 168 Å². The first-order chi connectivity index (χ1) is 13.2. The summed E-state index contributed by atoms with van der Waals surface area (Å²) in [6.45, 7) is 5.55. The van der Waals surface area contributed by atoms with Crippen molar-refractivity contribution in [2.24, 2.45) is 5.92 Å². The number of nitrogens with zero attached hydrogens (tertiary/aromatic N) is 1. The number of hydrogen-bond donors (Lipinski definition) is 2. The molecule has 1 saturated heterocycles. The van der Waals surface area contributed by atoms with Crippen LogP contribution < -0.4 is 15.5 Å². The van der Waals surface area contributed by atoms with Crippen LogP contribution in [0.1, 0.15) is 24.5 Å². The van der Waals surface area contributed by atoms with Crippen LogP contribution in [0.4, 0.5) is 17.1 Å². The lowest BCUT2D eigenvalue weighted by atomic mass is 10.1. The molecule has 0 bridgehead atoms. The second kappa shape index (κ2) is 8.02. The first-order valence-electron chi connectivity index (χ1n) is 9.00. The van der Waals surface area contributed by atoms with Gasteiger partial charge in [-0.15, -0.1) is 0 Å². The molecule has 7 heteroatoms. The van der Waals surface area contributed by atoms with Crippen LogP contribution >= 0.6 is 11.6 Å². The third-order valence-electron chi connectivity index (χ3n) is 4.61. The van der Waals surface area contributed by atoms with E-state index in [1.54, 1.807) is 29.2 Å². The summed E-state index contributed by atoms with van der Waals surface area (Å²) < 4.78 is 0. The Kier molecular flexibility index (Phi) is 5.70. The van der Waals surface area contributed by atoms with E-state index in [0.717, 1.165) is 11.1 Å². The number of carbonyl (C=O) groups excluding carboxylic acids is 3. The molecule has 2 aromatic carbocycles. The third kappa shape index (κ3) is 4.34. The minimum atomic E-state index is -0.478. The Balaban J connectivity index is 1.73. The van der Waals surface area contributed by atoms with E-state index in [4.69, 9.17) is 11.6 Å². The molecule has 0 aromatic heterocycles. The predicted molar refractivity (Wildman–Crippen MR) is 111 cm³/mol. The maximum absolute atomic E-state index is 12.7. The fraction of sp³-hybridized carbons (Fsp3) is 0.286. The van der Waals surface area contributed by atoms with E-state index in [1.165, 1.54) is 6.92 Å². The molecule has 28 heavy (non-hydrogen) atoms. The molecular formula is C21H22ClN3O3. The van der Waals surface area contributed by atoms with Crippen LogP contribution in [0.2, 0.25) is 5.02 Å². The average Bonchev–Trinajstić information content (AvgIpc) is 2.95. The van der Waals surface area contributed by atoms with Crippen molar-refractivity contribution < 1.29 is 14.4 Å². The summed E-state index contributed by atoms with van der Waals surface area (Å²) in [6.07, 6.45) is 0.126. The summed E-state index contributed by atoms with van der Waals surface area (Å²) >= 11 is 6.37. The highest BCUT2D eigenvalue weighted by molar-refractivity contribution is 6.34. The molecule has 146 valence electrons. The van der Waals surface area contributed by atoms with E-state index < -0.39 is 5.92 Å². The number of anilines is 3. The summed E-state index contributed by atoms with van der Waals surface area (Å²) in [5, 5.41) is 6.01. The maximum atomic E-state index is 12.7. The monoisotopic (exact) mass is 399 g/mol. The van der Waals surface area contributed by atoms with Crippen molar-refractivity contribution in [2.45, 2.75) is 27.2 Å². The Morgan fingerprint density at radius 1 is 1.11 bits per heavy atom. The van der Waals surface area contributed by atoms with Gasteiger partial charge in [-0.25, -0.2) is 0 Å². The molecular weight excluding hydrogens is 378 g/mol. The summed E-state index contributed by atoms with van der Waals surface area (Å²) in [5.74, 6) is -1.03. The van der Waals surface area contributed by atoms with E-state index in [2.05, 4.69) is 10.6 Å². The minimum absolute atomic E-state index is 0.124. The number of carbonyl (C=O) groups is 3. The second-order valence-corrected chi connectivity index (χ2v) is 7.48. The van der Waals surface area contributed by atoms with Crippen LogP contribution in [0.3, 0.4) is 0 Å². The maximum Gasteiger partial charge on any atom is 0.229 e.